The van der Waals surface area contributed by atoms with E-state index in [1.54, 1.807) is 19.2 Å². The van der Waals surface area contributed by atoms with Crippen LogP contribution in [0.1, 0.15) is 12.0 Å². The molecule has 0 aliphatic rings. The summed E-state index contributed by atoms with van der Waals surface area (Å²) in [5.41, 5.74) is 0.671. The van der Waals surface area contributed by atoms with E-state index < -0.39 is 12.8 Å². The summed E-state index contributed by atoms with van der Waals surface area (Å²) in [5, 5.41) is 2.73. The van der Waals surface area contributed by atoms with Crippen molar-refractivity contribution in [2.45, 2.75) is 19.1 Å². The molecule has 0 saturated carbocycles. The third-order valence-electron chi connectivity index (χ3n) is 3.09. The van der Waals surface area contributed by atoms with Crippen molar-refractivity contribution in [2.24, 2.45) is 0 Å². The Balaban J connectivity index is 2.37. The zero-order chi connectivity index (χ0) is 18.0. The van der Waals surface area contributed by atoms with Crippen LogP contribution in [-0.4, -0.2) is 57.4 Å². The first-order chi connectivity index (χ1) is 11.3. The number of methoxy groups -OCH3 is 1. The molecule has 0 saturated heterocycles. The largest absolute Gasteiger partial charge is 0.484 e. The maximum Gasteiger partial charge on any atom is 0.422 e. The van der Waals surface area contributed by atoms with Crippen LogP contribution in [-0.2, 0) is 16.1 Å². The average molecular weight is 348 g/mol. The number of carbonyl (C=O) groups is 1. The lowest BCUT2D eigenvalue weighted by atomic mass is 10.2. The number of likely N-dealkylation sites (N-methyl/N-ethyl adjacent to an activating group) is 1. The van der Waals surface area contributed by atoms with Crippen molar-refractivity contribution in [1.29, 1.82) is 0 Å². The fraction of sp³-hybridized carbons (Fsp3) is 0.562. The second-order valence-corrected chi connectivity index (χ2v) is 5.41. The molecule has 0 spiro atoms. The van der Waals surface area contributed by atoms with E-state index in [4.69, 9.17) is 4.74 Å². The second kappa shape index (κ2) is 10.1. The Hall–Kier alpha value is -1.80. The third kappa shape index (κ3) is 9.36. The molecule has 0 bridgehead atoms. The summed E-state index contributed by atoms with van der Waals surface area (Å²) in [4.78, 5) is 13.7. The van der Waals surface area contributed by atoms with Crippen LogP contribution in [0.4, 0.5) is 13.2 Å². The van der Waals surface area contributed by atoms with E-state index in [9.17, 15) is 18.0 Å². The van der Waals surface area contributed by atoms with Gasteiger partial charge in [-0.15, -0.1) is 0 Å². The topological polar surface area (TPSA) is 50.8 Å². The molecule has 1 aromatic carbocycles. The van der Waals surface area contributed by atoms with Crippen LogP contribution in [0.3, 0.4) is 0 Å². The Kier molecular flexibility index (Phi) is 8.56. The number of nitrogens with zero attached hydrogens (tertiary/aromatic N) is 1. The maximum atomic E-state index is 12.1. The van der Waals surface area contributed by atoms with Gasteiger partial charge in [0.2, 0.25) is 5.91 Å². The lowest BCUT2D eigenvalue weighted by molar-refractivity contribution is -0.153. The summed E-state index contributed by atoms with van der Waals surface area (Å²) in [6.07, 6.45) is -3.55. The lowest BCUT2D eigenvalue weighted by Crippen LogP contribution is -2.35. The molecular weight excluding hydrogens is 325 g/mol. The smallest absolute Gasteiger partial charge is 0.422 e. The minimum Gasteiger partial charge on any atom is -0.484 e. The van der Waals surface area contributed by atoms with Gasteiger partial charge in [-0.1, -0.05) is 12.1 Å². The minimum atomic E-state index is -4.38. The minimum absolute atomic E-state index is 0.121. The predicted octanol–water partition coefficient (Wildman–Crippen LogP) is 2.21. The highest BCUT2D eigenvalue weighted by molar-refractivity contribution is 5.77. The summed E-state index contributed by atoms with van der Waals surface area (Å²) in [5.74, 6) is -0.0349. The zero-order valence-electron chi connectivity index (χ0n) is 13.9. The molecule has 1 aromatic rings. The monoisotopic (exact) mass is 348 g/mol. The number of hydrogen-bond donors (Lipinski definition) is 1. The van der Waals surface area contributed by atoms with E-state index in [-0.39, 0.29) is 24.7 Å². The van der Waals surface area contributed by atoms with Gasteiger partial charge < -0.3 is 14.8 Å². The Labute approximate surface area is 139 Å². The number of carbonyl (C=O) groups excluding carboxylic acids is 1. The van der Waals surface area contributed by atoms with Crippen molar-refractivity contribution in [2.75, 3.05) is 40.5 Å². The second-order valence-electron chi connectivity index (χ2n) is 5.41. The summed E-state index contributed by atoms with van der Waals surface area (Å²) < 4.78 is 46.0. The van der Waals surface area contributed by atoms with E-state index in [0.717, 1.165) is 13.0 Å². The van der Waals surface area contributed by atoms with E-state index >= 15 is 0 Å². The van der Waals surface area contributed by atoms with Crippen molar-refractivity contribution in [1.82, 2.24) is 10.2 Å². The van der Waals surface area contributed by atoms with Crippen molar-refractivity contribution < 1.29 is 27.4 Å². The van der Waals surface area contributed by atoms with Crippen molar-refractivity contribution >= 4 is 5.91 Å². The molecule has 0 aliphatic heterocycles. The normalized spacial score (nSPS) is 11.6. The summed E-state index contributed by atoms with van der Waals surface area (Å²) in [6, 6.07) is 6.22. The highest BCUT2D eigenvalue weighted by Crippen LogP contribution is 2.19. The molecule has 0 atom stereocenters. The molecule has 0 heterocycles. The highest BCUT2D eigenvalue weighted by atomic mass is 19.4. The Morgan fingerprint density at radius 3 is 2.75 bits per heavy atom. The molecule has 0 aromatic heterocycles. The van der Waals surface area contributed by atoms with E-state index in [1.807, 2.05) is 11.9 Å². The molecule has 24 heavy (non-hydrogen) atoms. The first-order valence-corrected chi connectivity index (χ1v) is 7.53. The van der Waals surface area contributed by atoms with Crippen molar-refractivity contribution in [3.63, 3.8) is 0 Å². The van der Waals surface area contributed by atoms with Crippen LogP contribution < -0.4 is 10.1 Å². The molecule has 136 valence electrons. The quantitative estimate of drug-likeness (QED) is 0.659. The fourth-order valence-electron chi connectivity index (χ4n) is 1.97. The van der Waals surface area contributed by atoms with Crippen LogP contribution in [0.2, 0.25) is 0 Å². The third-order valence-corrected chi connectivity index (χ3v) is 3.09. The molecular formula is C16H23F3N2O3. The molecule has 5 nitrogen and oxygen atoms in total. The van der Waals surface area contributed by atoms with Gasteiger partial charge >= 0.3 is 6.18 Å². The van der Waals surface area contributed by atoms with Gasteiger partial charge in [0.15, 0.2) is 6.61 Å². The molecule has 1 N–H and O–H groups in total. The van der Waals surface area contributed by atoms with Crippen LogP contribution in [0, 0.1) is 0 Å². The first-order valence-electron chi connectivity index (χ1n) is 7.53. The zero-order valence-corrected chi connectivity index (χ0v) is 13.9. The van der Waals surface area contributed by atoms with Crippen molar-refractivity contribution in [3.05, 3.63) is 29.8 Å². The number of amides is 1. The Morgan fingerprint density at radius 2 is 2.08 bits per heavy atom. The Bertz CT molecular complexity index is 510. The van der Waals surface area contributed by atoms with E-state index in [1.165, 1.54) is 12.1 Å². The van der Waals surface area contributed by atoms with Gasteiger partial charge in [-0.3, -0.25) is 9.69 Å². The van der Waals surface area contributed by atoms with Crippen LogP contribution in [0.25, 0.3) is 0 Å². The predicted molar refractivity (Wildman–Crippen MR) is 83.8 cm³/mol. The highest BCUT2D eigenvalue weighted by Gasteiger charge is 2.28. The molecule has 0 aliphatic carbocycles. The number of ether oxygens (including phenoxy) is 2. The van der Waals surface area contributed by atoms with Crippen molar-refractivity contribution in [3.8, 4) is 5.75 Å². The van der Waals surface area contributed by atoms with E-state index in [2.05, 4.69) is 10.1 Å². The number of nitrogens with one attached hydrogen (secondary N) is 1. The van der Waals surface area contributed by atoms with Crippen LogP contribution in [0.15, 0.2) is 24.3 Å². The lowest BCUT2D eigenvalue weighted by Gasteiger charge is -2.16. The molecule has 0 unspecified atom stereocenters. The summed E-state index contributed by atoms with van der Waals surface area (Å²) in [7, 11) is 3.46. The fourth-order valence-corrected chi connectivity index (χ4v) is 1.97. The number of alkyl halides is 3. The number of hydrogen-bond acceptors (Lipinski definition) is 4. The van der Waals surface area contributed by atoms with Gasteiger partial charge in [0.05, 0.1) is 6.54 Å². The SMILES string of the molecule is COCCCN(C)CC(=O)NCc1cccc(OCC(F)(F)F)c1. The standard InChI is InChI=1S/C16H23F3N2O3/c1-21(7-4-8-23-2)11-15(22)20-10-13-5-3-6-14(9-13)24-12-16(17,18)19/h3,5-6,9H,4,7-8,10-12H2,1-2H3,(H,20,22). The average Bonchev–Trinajstić information content (AvgIpc) is 2.51. The molecule has 1 amide bonds. The summed E-state index contributed by atoms with van der Waals surface area (Å²) >= 11 is 0. The van der Waals surface area contributed by atoms with Gasteiger partial charge in [-0.05, 0) is 31.2 Å². The number of halogens is 3. The Morgan fingerprint density at radius 1 is 1.33 bits per heavy atom. The molecule has 0 fully saturated rings. The number of rotatable bonds is 10. The van der Waals surface area contributed by atoms with Crippen LogP contribution in [0.5, 0.6) is 5.75 Å². The van der Waals surface area contributed by atoms with E-state index in [0.29, 0.717) is 12.2 Å². The van der Waals surface area contributed by atoms with Gasteiger partial charge in [0.1, 0.15) is 5.75 Å². The molecule has 1 rings (SSSR count). The molecule has 8 heteroatoms. The first kappa shape index (κ1) is 20.2. The van der Waals surface area contributed by atoms with Gasteiger partial charge in [0, 0.05) is 26.8 Å². The maximum absolute atomic E-state index is 12.1. The van der Waals surface area contributed by atoms with Crippen LogP contribution >= 0.6 is 0 Å². The summed E-state index contributed by atoms with van der Waals surface area (Å²) in [6.45, 7) is 0.510. The number of benzene rings is 1. The van der Waals surface area contributed by atoms with Gasteiger partial charge in [0.25, 0.3) is 0 Å². The molecule has 0 radical (unpaired) electrons. The van der Waals surface area contributed by atoms with Gasteiger partial charge in [-0.25, -0.2) is 0 Å². The van der Waals surface area contributed by atoms with Gasteiger partial charge in [-0.2, -0.15) is 13.2 Å².